The van der Waals surface area contributed by atoms with E-state index in [-0.39, 0.29) is 5.50 Å². The van der Waals surface area contributed by atoms with Gasteiger partial charge in [0.25, 0.3) is 0 Å². The van der Waals surface area contributed by atoms with Gasteiger partial charge in [0.2, 0.25) is 0 Å². The Hall–Kier alpha value is -2.61. The molecule has 0 aliphatic carbocycles. The number of anilines is 1. The van der Waals surface area contributed by atoms with Crippen molar-refractivity contribution < 1.29 is 9.47 Å². The molecule has 0 radical (unpaired) electrons. The van der Waals surface area contributed by atoms with E-state index in [0.717, 1.165) is 27.0 Å². The van der Waals surface area contributed by atoms with Gasteiger partial charge in [-0.25, -0.2) is 4.98 Å². The first kappa shape index (κ1) is 19.7. The van der Waals surface area contributed by atoms with E-state index in [1.807, 2.05) is 84.1 Å². The van der Waals surface area contributed by atoms with Crippen molar-refractivity contribution in [2.24, 2.45) is 5.73 Å². The molecule has 2 N–H and O–H groups in total. The van der Waals surface area contributed by atoms with Crippen molar-refractivity contribution in [2.75, 3.05) is 12.0 Å². The van der Waals surface area contributed by atoms with Crippen LogP contribution >= 0.6 is 23.5 Å². The van der Waals surface area contributed by atoms with Gasteiger partial charge in [-0.1, -0.05) is 47.8 Å². The summed E-state index contributed by atoms with van der Waals surface area (Å²) in [6.07, 6.45) is 1.85. The third kappa shape index (κ3) is 4.53. The van der Waals surface area contributed by atoms with Crippen molar-refractivity contribution in [3.05, 3.63) is 78.0 Å². The molecule has 0 spiro atoms. The molecule has 0 saturated heterocycles. The van der Waals surface area contributed by atoms with Crippen LogP contribution in [0.1, 0.15) is 6.92 Å². The van der Waals surface area contributed by atoms with Crippen LogP contribution in [0.15, 0.2) is 87.8 Å². The second-order valence-corrected chi connectivity index (χ2v) is 8.48. The number of aromatic nitrogens is 1. The van der Waals surface area contributed by atoms with Gasteiger partial charge in [0.1, 0.15) is 17.0 Å². The number of hydrogen-bond acceptors (Lipinski definition) is 7. The highest BCUT2D eigenvalue weighted by atomic mass is 32.2. The van der Waals surface area contributed by atoms with Gasteiger partial charge < -0.3 is 20.1 Å². The molecular formula is C22H21N3O2S2. The Morgan fingerprint density at radius 2 is 1.83 bits per heavy atom. The normalized spacial score (nSPS) is 15.9. The summed E-state index contributed by atoms with van der Waals surface area (Å²) in [4.78, 5) is 8.73. The minimum atomic E-state index is -0.225. The second kappa shape index (κ2) is 8.82. The summed E-state index contributed by atoms with van der Waals surface area (Å²) in [5, 5.41) is 2.04. The Morgan fingerprint density at radius 3 is 2.55 bits per heavy atom. The molecular weight excluding hydrogens is 402 g/mol. The quantitative estimate of drug-likeness (QED) is 0.546. The van der Waals surface area contributed by atoms with Crippen molar-refractivity contribution in [1.29, 1.82) is 0 Å². The van der Waals surface area contributed by atoms with E-state index in [2.05, 4.69) is 0 Å². The van der Waals surface area contributed by atoms with Crippen LogP contribution in [0.3, 0.4) is 0 Å². The zero-order valence-corrected chi connectivity index (χ0v) is 17.7. The van der Waals surface area contributed by atoms with Gasteiger partial charge >= 0.3 is 0 Å². The van der Waals surface area contributed by atoms with E-state index in [9.17, 15) is 0 Å². The van der Waals surface area contributed by atoms with Crippen LogP contribution in [0.2, 0.25) is 0 Å². The molecule has 29 heavy (non-hydrogen) atoms. The Labute approximate surface area is 178 Å². The Kier molecular flexibility index (Phi) is 5.99. The largest absolute Gasteiger partial charge is 0.497 e. The minimum absolute atomic E-state index is 0.225. The van der Waals surface area contributed by atoms with Crippen LogP contribution in [0.4, 0.5) is 5.82 Å². The molecule has 4 rings (SSSR count). The highest BCUT2D eigenvalue weighted by Gasteiger charge is 2.27. The molecule has 0 fully saturated rings. The van der Waals surface area contributed by atoms with Crippen molar-refractivity contribution in [3.63, 3.8) is 0 Å². The van der Waals surface area contributed by atoms with Gasteiger partial charge in [-0.3, -0.25) is 0 Å². The molecule has 3 aromatic rings. The van der Waals surface area contributed by atoms with E-state index < -0.39 is 0 Å². The molecule has 1 atom stereocenters. The lowest BCUT2D eigenvalue weighted by Crippen LogP contribution is -2.35. The monoisotopic (exact) mass is 423 g/mol. The van der Waals surface area contributed by atoms with E-state index in [1.165, 1.54) is 0 Å². The molecule has 0 bridgehead atoms. The fourth-order valence-electron chi connectivity index (χ4n) is 2.92. The lowest BCUT2D eigenvalue weighted by Gasteiger charge is -2.26. The number of methoxy groups -OCH3 is 1. The minimum Gasteiger partial charge on any atom is -0.497 e. The Bertz CT molecular complexity index is 1030. The number of nitrogens with two attached hydrogens (primary N) is 1. The first-order valence-electron chi connectivity index (χ1n) is 9.06. The van der Waals surface area contributed by atoms with Gasteiger partial charge in [-0.15, -0.1) is 0 Å². The molecule has 1 aromatic heterocycles. The SMILES string of the molecule is COc1cccc(Sc2cnc(N3C(C)=CSC3N)c(Oc3ccccc3)c2)c1. The maximum Gasteiger partial charge on any atom is 0.178 e. The lowest BCUT2D eigenvalue weighted by molar-refractivity contribution is 0.413. The lowest BCUT2D eigenvalue weighted by atomic mass is 10.3. The molecule has 2 heterocycles. The molecule has 148 valence electrons. The first-order chi connectivity index (χ1) is 14.1. The number of benzene rings is 2. The Morgan fingerprint density at radius 1 is 1.03 bits per heavy atom. The van der Waals surface area contributed by atoms with Crippen LogP contribution in [-0.2, 0) is 0 Å². The summed E-state index contributed by atoms with van der Waals surface area (Å²) in [5.74, 6) is 2.94. The van der Waals surface area contributed by atoms with Gasteiger partial charge in [0.05, 0.1) is 7.11 Å². The molecule has 0 saturated carbocycles. The summed E-state index contributed by atoms with van der Waals surface area (Å²) in [5.41, 5.74) is 7.10. The number of ether oxygens (including phenoxy) is 2. The van der Waals surface area contributed by atoms with Crippen LogP contribution in [0, 0.1) is 0 Å². The standard InChI is InChI=1S/C22H21N3O2S2/c1-15-14-28-22(23)25(15)21-20(27-16-7-4-3-5-8-16)12-19(13-24-21)29-18-10-6-9-17(11-18)26-2/h3-14,22H,23H2,1-2H3. The summed E-state index contributed by atoms with van der Waals surface area (Å²) >= 11 is 3.16. The first-order valence-corrected chi connectivity index (χ1v) is 10.8. The number of thioether (sulfide) groups is 1. The fraction of sp³-hybridized carbons (Fsp3) is 0.136. The van der Waals surface area contributed by atoms with Crippen molar-refractivity contribution >= 4 is 29.3 Å². The van der Waals surface area contributed by atoms with Gasteiger partial charge in [0, 0.05) is 27.8 Å². The molecule has 7 heteroatoms. The molecule has 0 amide bonds. The predicted molar refractivity (Wildman–Crippen MR) is 120 cm³/mol. The number of rotatable bonds is 6. The zero-order valence-electron chi connectivity index (χ0n) is 16.1. The zero-order chi connectivity index (χ0) is 20.2. The van der Waals surface area contributed by atoms with Gasteiger partial charge in [0.15, 0.2) is 11.6 Å². The summed E-state index contributed by atoms with van der Waals surface area (Å²) < 4.78 is 11.5. The van der Waals surface area contributed by atoms with E-state index in [1.54, 1.807) is 30.6 Å². The average molecular weight is 424 g/mol. The number of para-hydroxylation sites is 1. The van der Waals surface area contributed by atoms with E-state index in [4.69, 9.17) is 20.2 Å². The van der Waals surface area contributed by atoms with Crippen molar-refractivity contribution in [1.82, 2.24) is 4.98 Å². The predicted octanol–water partition coefficient (Wildman–Crippen LogP) is 5.69. The number of allylic oxidation sites excluding steroid dienone is 1. The third-order valence-electron chi connectivity index (χ3n) is 4.30. The van der Waals surface area contributed by atoms with Crippen LogP contribution < -0.4 is 20.1 Å². The number of hydrogen-bond donors (Lipinski definition) is 1. The smallest absolute Gasteiger partial charge is 0.178 e. The molecule has 1 aliphatic rings. The Balaban J connectivity index is 1.69. The highest BCUT2D eigenvalue weighted by molar-refractivity contribution is 8.03. The maximum atomic E-state index is 6.28. The van der Waals surface area contributed by atoms with Crippen LogP contribution in [0.25, 0.3) is 0 Å². The van der Waals surface area contributed by atoms with Crippen molar-refractivity contribution in [3.8, 4) is 17.2 Å². The van der Waals surface area contributed by atoms with Crippen LogP contribution in [0.5, 0.6) is 17.2 Å². The highest BCUT2D eigenvalue weighted by Crippen LogP contribution is 2.41. The summed E-state index contributed by atoms with van der Waals surface area (Å²) in [6, 6.07) is 19.6. The topological polar surface area (TPSA) is 60.6 Å². The van der Waals surface area contributed by atoms with Gasteiger partial charge in [-0.2, -0.15) is 0 Å². The second-order valence-electron chi connectivity index (χ2n) is 6.34. The summed E-state index contributed by atoms with van der Waals surface area (Å²) in [6.45, 7) is 2.02. The van der Waals surface area contributed by atoms with E-state index in [0.29, 0.717) is 11.6 Å². The average Bonchev–Trinajstić information content (AvgIpc) is 3.07. The fourth-order valence-corrected chi connectivity index (χ4v) is 4.62. The van der Waals surface area contributed by atoms with E-state index >= 15 is 0 Å². The molecule has 1 aliphatic heterocycles. The van der Waals surface area contributed by atoms with Crippen LogP contribution in [-0.4, -0.2) is 17.6 Å². The number of nitrogens with zero attached hydrogens (tertiary/aromatic N) is 2. The maximum absolute atomic E-state index is 6.28. The molecule has 1 unspecified atom stereocenters. The molecule has 5 nitrogen and oxygen atoms in total. The third-order valence-corrected chi connectivity index (χ3v) is 6.21. The molecule has 2 aromatic carbocycles. The summed E-state index contributed by atoms with van der Waals surface area (Å²) in [7, 11) is 1.67. The number of pyridine rings is 1. The van der Waals surface area contributed by atoms with Crippen molar-refractivity contribution in [2.45, 2.75) is 22.2 Å². The van der Waals surface area contributed by atoms with Gasteiger partial charge in [-0.05, 0) is 42.7 Å².